The summed E-state index contributed by atoms with van der Waals surface area (Å²) in [5.41, 5.74) is 2.91. The van der Waals surface area contributed by atoms with Crippen LogP contribution in [0.15, 0.2) is 41.2 Å². The first kappa shape index (κ1) is 14.6. The van der Waals surface area contributed by atoms with Crippen LogP contribution < -0.4 is 10.9 Å². The maximum atomic E-state index is 12.6. The van der Waals surface area contributed by atoms with Gasteiger partial charge in [0.25, 0.3) is 5.56 Å². The minimum absolute atomic E-state index is 0.0121. The van der Waals surface area contributed by atoms with Gasteiger partial charge in [-0.25, -0.2) is 0 Å². The number of aromatic amines is 1. The van der Waals surface area contributed by atoms with Crippen molar-refractivity contribution in [1.82, 2.24) is 10.3 Å². The molecule has 1 aromatic carbocycles. The Kier molecular flexibility index (Phi) is 3.61. The van der Waals surface area contributed by atoms with Crippen LogP contribution in [-0.2, 0) is 16.8 Å². The topological polar surface area (TPSA) is 62.0 Å². The molecule has 1 saturated carbocycles. The van der Waals surface area contributed by atoms with Crippen LogP contribution in [0.3, 0.4) is 0 Å². The highest BCUT2D eigenvalue weighted by atomic mass is 16.2. The molecule has 22 heavy (non-hydrogen) atoms. The second kappa shape index (κ2) is 5.44. The van der Waals surface area contributed by atoms with Gasteiger partial charge in [0.15, 0.2) is 0 Å². The van der Waals surface area contributed by atoms with Gasteiger partial charge < -0.3 is 10.3 Å². The molecular weight excluding hydrogens is 276 g/mol. The second-order valence-corrected chi connectivity index (χ2v) is 6.07. The summed E-state index contributed by atoms with van der Waals surface area (Å²) in [5, 5.41) is 2.94. The van der Waals surface area contributed by atoms with E-state index in [0.717, 1.165) is 29.7 Å². The van der Waals surface area contributed by atoms with E-state index in [0.29, 0.717) is 5.56 Å². The Hall–Kier alpha value is -2.36. The quantitative estimate of drug-likeness (QED) is 0.909. The third-order valence-electron chi connectivity index (χ3n) is 4.43. The number of nitrogens with one attached hydrogen (secondary N) is 2. The lowest BCUT2D eigenvalue weighted by Crippen LogP contribution is -2.36. The van der Waals surface area contributed by atoms with Crippen LogP contribution in [-0.4, -0.2) is 10.9 Å². The summed E-state index contributed by atoms with van der Waals surface area (Å²) in [5.74, 6) is 0.0121. The molecule has 0 radical (unpaired) electrons. The van der Waals surface area contributed by atoms with Gasteiger partial charge in [-0.2, -0.15) is 0 Å². The van der Waals surface area contributed by atoms with Crippen molar-refractivity contribution in [2.75, 3.05) is 0 Å². The van der Waals surface area contributed by atoms with Crippen LogP contribution in [0.25, 0.3) is 0 Å². The molecule has 1 amide bonds. The monoisotopic (exact) mass is 296 g/mol. The number of amides is 1. The second-order valence-electron chi connectivity index (χ2n) is 6.07. The number of H-pyrrole nitrogens is 1. The molecule has 2 aromatic rings. The van der Waals surface area contributed by atoms with E-state index in [1.165, 1.54) is 0 Å². The Bertz CT molecular complexity index is 758. The van der Waals surface area contributed by atoms with Gasteiger partial charge in [0.05, 0.1) is 5.41 Å². The van der Waals surface area contributed by atoms with Gasteiger partial charge >= 0.3 is 0 Å². The predicted molar refractivity (Wildman–Crippen MR) is 85.7 cm³/mol. The van der Waals surface area contributed by atoms with Crippen LogP contribution in [0, 0.1) is 13.8 Å². The summed E-state index contributed by atoms with van der Waals surface area (Å²) in [7, 11) is 0. The smallest absolute Gasteiger partial charge is 0.253 e. The number of aryl methyl sites for hydroxylation is 2. The van der Waals surface area contributed by atoms with Crippen LogP contribution >= 0.6 is 0 Å². The van der Waals surface area contributed by atoms with Gasteiger partial charge in [-0.1, -0.05) is 30.3 Å². The first-order valence-corrected chi connectivity index (χ1v) is 7.56. The zero-order valence-electron chi connectivity index (χ0n) is 12.9. The maximum absolute atomic E-state index is 12.6. The van der Waals surface area contributed by atoms with Gasteiger partial charge in [-0.15, -0.1) is 0 Å². The van der Waals surface area contributed by atoms with E-state index in [1.54, 1.807) is 0 Å². The minimum Gasteiger partial charge on any atom is -0.351 e. The number of rotatable bonds is 4. The van der Waals surface area contributed by atoms with Crippen molar-refractivity contribution in [2.24, 2.45) is 0 Å². The predicted octanol–water partition coefficient (Wildman–Crippen LogP) is 2.34. The van der Waals surface area contributed by atoms with E-state index >= 15 is 0 Å². The minimum atomic E-state index is -0.396. The van der Waals surface area contributed by atoms with Crippen LogP contribution in [0.1, 0.15) is 35.2 Å². The molecule has 4 nitrogen and oxygen atoms in total. The fraction of sp³-hybridized carbons (Fsp3) is 0.333. The Morgan fingerprint density at radius 1 is 1.23 bits per heavy atom. The van der Waals surface area contributed by atoms with E-state index < -0.39 is 5.41 Å². The fourth-order valence-electron chi connectivity index (χ4n) is 2.97. The highest BCUT2D eigenvalue weighted by molar-refractivity contribution is 5.91. The lowest BCUT2D eigenvalue weighted by molar-refractivity contribution is -0.123. The van der Waals surface area contributed by atoms with Crippen molar-refractivity contribution < 1.29 is 4.79 Å². The number of carbonyl (C=O) groups excluding carboxylic acids is 1. The Morgan fingerprint density at radius 2 is 1.91 bits per heavy atom. The largest absolute Gasteiger partial charge is 0.351 e. The molecule has 1 aliphatic carbocycles. The molecule has 0 unspecified atom stereocenters. The molecule has 4 heteroatoms. The molecule has 2 N–H and O–H groups in total. The van der Waals surface area contributed by atoms with Gasteiger partial charge in [-0.3, -0.25) is 9.59 Å². The average Bonchev–Trinajstić information content (AvgIpc) is 3.28. The number of aromatic nitrogens is 1. The molecule has 1 heterocycles. The number of pyridine rings is 1. The normalized spacial score (nSPS) is 15.4. The molecule has 0 spiro atoms. The summed E-state index contributed by atoms with van der Waals surface area (Å²) in [6, 6.07) is 11.8. The Labute approximate surface area is 129 Å². The maximum Gasteiger partial charge on any atom is 0.253 e. The molecule has 0 saturated heterocycles. The summed E-state index contributed by atoms with van der Waals surface area (Å²) in [6.07, 6.45) is 1.73. The summed E-state index contributed by atoms with van der Waals surface area (Å²) in [6.45, 7) is 4.02. The Balaban J connectivity index is 1.75. The van der Waals surface area contributed by atoms with E-state index in [-0.39, 0.29) is 18.0 Å². The summed E-state index contributed by atoms with van der Waals surface area (Å²) >= 11 is 0. The lowest BCUT2D eigenvalue weighted by atomic mass is 9.95. The first-order chi connectivity index (χ1) is 10.5. The van der Waals surface area contributed by atoms with Gasteiger partial charge in [0, 0.05) is 17.8 Å². The first-order valence-electron chi connectivity index (χ1n) is 7.56. The van der Waals surface area contributed by atoms with E-state index in [4.69, 9.17) is 0 Å². The summed E-state index contributed by atoms with van der Waals surface area (Å²) in [4.78, 5) is 27.4. The lowest BCUT2D eigenvalue weighted by Gasteiger charge is -2.16. The highest BCUT2D eigenvalue weighted by Gasteiger charge is 2.50. The van der Waals surface area contributed by atoms with Gasteiger partial charge in [0.2, 0.25) is 5.91 Å². The molecule has 3 rings (SSSR count). The zero-order valence-corrected chi connectivity index (χ0v) is 12.9. The molecular formula is C18H20N2O2. The number of hydrogen-bond acceptors (Lipinski definition) is 2. The van der Waals surface area contributed by atoms with Crippen LogP contribution in [0.5, 0.6) is 0 Å². The molecule has 1 fully saturated rings. The SMILES string of the molecule is Cc1cc(C)c(CNC(=O)C2(c3ccccc3)CC2)c(=O)[nH]1. The third kappa shape index (κ3) is 2.56. The molecule has 0 atom stereocenters. The highest BCUT2D eigenvalue weighted by Crippen LogP contribution is 2.48. The van der Waals surface area contributed by atoms with E-state index in [2.05, 4.69) is 10.3 Å². The fourth-order valence-corrected chi connectivity index (χ4v) is 2.97. The molecule has 114 valence electrons. The van der Waals surface area contributed by atoms with Crippen LogP contribution in [0.2, 0.25) is 0 Å². The molecule has 0 bridgehead atoms. The van der Waals surface area contributed by atoms with Crippen molar-refractivity contribution >= 4 is 5.91 Å². The van der Waals surface area contributed by atoms with E-state index in [9.17, 15) is 9.59 Å². The standard InChI is InChI=1S/C18H20N2O2/c1-12-10-13(2)20-16(21)15(12)11-19-17(22)18(8-9-18)14-6-4-3-5-7-14/h3-7,10H,8-9,11H2,1-2H3,(H,19,22)(H,20,21). The Morgan fingerprint density at radius 3 is 2.50 bits per heavy atom. The molecule has 1 aromatic heterocycles. The molecule has 1 aliphatic rings. The van der Waals surface area contributed by atoms with Crippen LogP contribution in [0.4, 0.5) is 0 Å². The van der Waals surface area contributed by atoms with E-state index in [1.807, 2.05) is 50.2 Å². The van der Waals surface area contributed by atoms with Gasteiger partial charge in [-0.05, 0) is 43.9 Å². The number of carbonyl (C=O) groups is 1. The number of hydrogen-bond donors (Lipinski definition) is 2. The van der Waals surface area contributed by atoms with Gasteiger partial charge in [0.1, 0.15) is 0 Å². The summed E-state index contributed by atoms with van der Waals surface area (Å²) < 4.78 is 0. The van der Waals surface area contributed by atoms with Crippen molar-refractivity contribution in [2.45, 2.75) is 38.6 Å². The third-order valence-corrected chi connectivity index (χ3v) is 4.43. The zero-order chi connectivity index (χ0) is 15.7. The average molecular weight is 296 g/mol. The van der Waals surface area contributed by atoms with Crippen molar-refractivity contribution in [3.8, 4) is 0 Å². The van der Waals surface area contributed by atoms with Crippen molar-refractivity contribution in [1.29, 1.82) is 0 Å². The van der Waals surface area contributed by atoms with Crippen molar-refractivity contribution in [3.05, 3.63) is 69.1 Å². The van der Waals surface area contributed by atoms with Crippen molar-refractivity contribution in [3.63, 3.8) is 0 Å². The molecule has 0 aliphatic heterocycles. The number of benzene rings is 1.